The molecule has 3 unspecified atom stereocenters. The molecular weight excluding hydrogens is 276 g/mol. The molecule has 0 amide bonds. The van der Waals surface area contributed by atoms with Gasteiger partial charge in [0, 0.05) is 0 Å². The van der Waals surface area contributed by atoms with Crippen LogP contribution in [-0.4, -0.2) is 33.6 Å². The van der Waals surface area contributed by atoms with Gasteiger partial charge in [-0.3, -0.25) is 0 Å². The largest absolute Gasteiger partial charge is 0.393 e. The molecule has 0 aliphatic heterocycles. The van der Waals surface area contributed by atoms with E-state index in [9.17, 15) is 15.3 Å². The molecule has 3 saturated carbocycles. The second-order valence-corrected chi connectivity index (χ2v) is 8.95. The van der Waals surface area contributed by atoms with E-state index < -0.39 is 12.2 Å². The van der Waals surface area contributed by atoms with Gasteiger partial charge in [0.1, 0.15) is 0 Å². The molecule has 0 heterocycles. The first-order chi connectivity index (χ1) is 10.4. The SMILES string of the molecule is C[C@]12CC[C@H](O)CC1=CCC1C2CC[C@@]2(C)C1C[C@@H](O)[C@@H]2O. The Hall–Kier alpha value is -0.380. The van der Waals surface area contributed by atoms with Crippen LogP contribution in [0.1, 0.15) is 58.8 Å². The number of aliphatic hydroxyl groups is 3. The lowest BCUT2D eigenvalue weighted by Crippen LogP contribution is -2.51. The van der Waals surface area contributed by atoms with E-state index in [1.54, 1.807) is 0 Å². The molecule has 3 N–H and O–H groups in total. The summed E-state index contributed by atoms with van der Waals surface area (Å²) in [6.07, 6.45) is 8.04. The summed E-state index contributed by atoms with van der Waals surface area (Å²) in [5, 5.41) is 30.7. The molecule has 0 bridgehead atoms. The van der Waals surface area contributed by atoms with Crippen LogP contribution in [0.15, 0.2) is 11.6 Å². The van der Waals surface area contributed by atoms with Crippen molar-refractivity contribution in [3.63, 3.8) is 0 Å². The highest BCUT2D eigenvalue weighted by Crippen LogP contribution is 2.64. The van der Waals surface area contributed by atoms with Gasteiger partial charge in [-0.05, 0) is 73.5 Å². The van der Waals surface area contributed by atoms with Crippen LogP contribution in [0, 0.1) is 28.6 Å². The van der Waals surface area contributed by atoms with Gasteiger partial charge in [0.15, 0.2) is 0 Å². The van der Waals surface area contributed by atoms with Crippen LogP contribution in [0.5, 0.6) is 0 Å². The predicted octanol–water partition coefficient (Wildman–Crippen LogP) is 2.64. The Bertz CT molecular complexity index is 501. The maximum absolute atomic E-state index is 10.5. The van der Waals surface area contributed by atoms with E-state index in [-0.39, 0.29) is 16.9 Å². The quantitative estimate of drug-likeness (QED) is 0.603. The van der Waals surface area contributed by atoms with Gasteiger partial charge in [0.25, 0.3) is 0 Å². The zero-order valence-electron chi connectivity index (χ0n) is 13.8. The van der Waals surface area contributed by atoms with E-state index in [1.807, 2.05) is 0 Å². The van der Waals surface area contributed by atoms with Crippen LogP contribution in [0.2, 0.25) is 0 Å². The van der Waals surface area contributed by atoms with Gasteiger partial charge in [-0.2, -0.15) is 0 Å². The molecule has 4 rings (SSSR count). The van der Waals surface area contributed by atoms with E-state index in [2.05, 4.69) is 19.9 Å². The Morgan fingerprint density at radius 1 is 1.05 bits per heavy atom. The summed E-state index contributed by atoms with van der Waals surface area (Å²) in [7, 11) is 0. The standard InChI is InChI=1S/C19H30O3/c1-18-7-5-12(20)9-11(18)3-4-13-14(18)6-8-19(2)15(13)10-16(21)17(19)22/h3,12-17,20-22H,4-10H2,1-2H3/t12-,13?,14?,15?,16+,17-,18-,19-/m0/s1. The highest BCUT2D eigenvalue weighted by molar-refractivity contribution is 5.25. The minimum absolute atomic E-state index is 0.101. The fraction of sp³-hybridized carbons (Fsp3) is 0.895. The molecule has 3 nitrogen and oxygen atoms in total. The van der Waals surface area contributed by atoms with Crippen LogP contribution >= 0.6 is 0 Å². The van der Waals surface area contributed by atoms with Crippen LogP contribution in [-0.2, 0) is 0 Å². The minimum atomic E-state index is -0.551. The number of rotatable bonds is 0. The van der Waals surface area contributed by atoms with Gasteiger partial charge in [0.2, 0.25) is 0 Å². The molecule has 0 aromatic rings. The van der Waals surface area contributed by atoms with Crippen molar-refractivity contribution in [1.82, 2.24) is 0 Å². The van der Waals surface area contributed by atoms with Crippen LogP contribution in [0.3, 0.4) is 0 Å². The van der Waals surface area contributed by atoms with Crippen molar-refractivity contribution in [3.8, 4) is 0 Å². The van der Waals surface area contributed by atoms with E-state index in [0.29, 0.717) is 17.8 Å². The Kier molecular flexibility index (Phi) is 3.32. The topological polar surface area (TPSA) is 60.7 Å². The third-order valence-corrected chi connectivity index (χ3v) is 8.05. The summed E-state index contributed by atoms with van der Waals surface area (Å²) in [4.78, 5) is 0. The van der Waals surface area contributed by atoms with Crippen LogP contribution in [0.25, 0.3) is 0 Å². The fourth-order valence-corrected chi connectivity index (χ4v) is 6.63. The molecule has 4 aliphatic rings. The number of hydrogen-bond acceptors (Lipinski definition) is 3. The first-order valence-electron chi connectivity index (χ1n) is 9.10. The molecule has 124 valence electrons. The fourth-order valence-electron chi connectivity index (χ4n) is 6.63. The average Bonchev–Trinajstić information content (AvgIpc) is 2.72. The van der Waals surface area contributed by atoms with Gasteiger partial charge >= 0.3 is 0 Å². The summed E-state index contributed by atoms with van der Waals surface area (Å²) >= 11 is 0. The Labute approximate surface area is 133 Å². The predicted molar refractivity (Wildman–Crippen MR) is 85.1 cm³/mol. The zero-order chi connectivity index (χ0) is 15.7. The molecule has 4 aliphatic carbocycles. The smallest absolute Gasteiger partial charge is 0.0855 e. The van der Waals surface area contributed by atoms with Gasteiger partial charge in [-0.15, -0.1) is 0 Å². The van der Waals surface area contributed by atoms with Crippen molar-refractivity contribution in [3.05, 3.63) is 11.6 Å². The van der Waals surface area contributed by atoms with Gasteiger partial charge in [-0.1, -0.05) is 25.5 Å². The third-order valence-electron chi connectivity index (χ3n) is 8.05. The lowest BCUT2D eigenvalue weighted by atomic mass is 9.48. The molecule has 3 fully saturated rings. The minimum Gasteiger partial charge on any atom is -0.393 e. The Balaban J connectivity index is 1.68. The molecule has 3 heteroatoms. The third kappa shape index (κ3) is 1.85. The van der Waals surface area contributed by atoms with Crippen LogP contribution in [0.4, 0.5) is 0 Å². The molecule has 22 heavy (non-hydrogen) atoms. The van der Waals surface area contributed by atoms with Crippen molar-refractivity contribution >= 4 is 0 Å². The second-order valence-electron chi connectivity index (χ2n) is 8.95. The maximum Gasteiger partial charge on any atom is 0.0855 e. The first kappa shape index (κ1) is 15.2. The number of hydrogen-bond donors (Lipinski definition) is 3. The lowest BCUT2D eigenvalue weighted by molar-refractivity contribution is -0.0817. The summed E-state index contributed by atoms with van der Waals surface area (Å²) in [6.45, 7) is 4.60. The number of allylic oxidation sites excluding steroid dienone is 1. The van der Waals surface area contributed by atoms with E-state index in [1.165, 1.54) is 5.57 Å². The number of aliphatic hydroxyl groups excluding tert-OH is 3. The van der Waals surface area contributed by atoms with E-state index in [0.717, 1.165) is 44.9 Å². The molecule has 0 aromatic heterocycles. The molecular formula is C19H30O3. The molecule has 0 radical (unpaired) electrons. The lowest BCUT2D eigenvalue weighted by Gasteiger charge is -2.57. The van der Waals surface area contributed by atoms with Gasteiger partial charge in [0.05, 0.1) is 18.3 Å². The van der Waals surface area contributed by atoms with E-state index >= 15 is 0 Å². The summed E-state index contributed by atoms with van der Waals surface area (Å²) in [6, 6.07) is 0. The normalized spacial score (nSPS) is 57.6. The molecule has 0 aromatic carbocycles. The maximum atomic E-state index is 10.5. The van der Waals surface area contributed by atoms with Crippen molar-refractivity contribution < 1.29 is 15.3 Å². The first-order valence-corrected chi connectivity index (χ1v) is 9.10. The van der Waals surface area contributed by atoms with Crippen molar-refractivity contribution in [1.29, 1.82) is 0 Å². The second kappa shape index (κ2) is 4.81. The van der Waals surface area contributed by atoms with E-state index in [4.69, 9.17) is 0 Å². The average molecular weight is 306 g/mol. The summed E-state index contributed by atoms with van der Waals surface area (Å²) < 4.78 is 0. The highest BCUT2D eigenvalue weighted by Gasteiger charge is 2.60. The van der Waals surface area contributed by atoms with Crippen molar-refractivity contribution in [2.45, 2.75) is 77.1 Å². The monoisotopic (exact) mass is 306 g/mol. The molecule has 8 atom stereocenters. The van der Waals surface area contributed by atoms with Crippen molar-refractivity contribution in [2.75, 3.05) is 0 Å². The Morgan fingerprint density at radius 3 is 2.59 bits per heavy atom. The highest BCUT2D eigenvalue weighted by atomic mass is 16.3. The van der Waals surface area contributed by atoms with Gasteiger partial charge < -0.3 is 15.3 Å². The van der Waals surface area contributed by atoms with Crippen LogP contribution < -0.4 is 0 Å². The molecule has 0 spiro atoms. The summed E-state index contributed by atoms with van der Waals surface area (Å²) in [5.74, 6) is 1.70. The van der Waals surface area contributed by atoms with Crippen molar-refractivity contribution in [2.24, 2.45) is 28.6 Å². The number of fused-ring (bicyclic) bond motifs is 5. The zero-order valence-corrected chi connectivity index (χ0v) is 13.8. The van der Waals surface area contributed by atoms with Gasteiger partial charge in [-0.25, -0.2) is 0 Å². The summed E-state index contributed by atoms with van der Waals surface area (Å²) in [5.41, 5.74) is 1.62. The molecule has 0 saturated heterocycles. The Morgan fingerprint density at radius 2 is 1.82 bits per heavy atom.